The van der Waals surface area contributed by atoms with Gasteiger partial charge >= 0.3 is 0 Å². The zero-order valence-electron chi connectivity index (χ0n) is 9.81. The van der Waals surface area contributed by atoms with Gasteiger partial charge < -0.3 is 5.32 Å². The number of nitrogens with one attached hydrogen (secondary N) is 1. The van der Waals surface area contributed by atoms with E-state index in [2.05, 4.69) is 16.9 Å². The van der Waals surface area contributed by atoms with Crippen LogP contribution in [-0.2, 0) is 0 Å². The van der Waals surface area contributed by atoms with Gasteiger partial charge in [0.2, 0.25) is 0 Å². The van der Waals surface area contributed by atoms with Gasteiger partial charge in [-0.15, -0.1) is 0 Å². The number of allylic oxidation sites excluding steroid dienone is 1. The van der Waals surface area contributed by atoms with Gasteiger partial charge in [-0.3, -0.25) is 0 Å². The first-order valence-corrected chi connectivity index (χ1v) is 5.93. The van der Waals surface area contributed by atoms with Gasteiger partial charge in [0.05, 0.1) is 0 Å². The SMILES string of the molecule is C=C(/C=C/c1ccccc1Cl)Nc1ccccn1. The maximum Gasteiger partial charge on any atom is 0.130 e. The van der Waals surface area contributed by atoms with E-state index >= 15 is 0 Å². The molecule has 0 atom stereocenters. The van der Waals surface area contributed by atoms with Crippen LogP contribution in [0.4, 0.5) is 5.82 Å². The van der Waals surface area contributed by atoms with Gasteiger partial charge in [0, 0.05) is 16.9 Å². The molecule has 1 aromatic heterocycles. The number of nitrogens with zero attached hydrogens (tertiary/aromatic N) is 1. The van der Waals surface area contributed by atoms with Crippen LogP contribution in [0, 0.1) is 0 Å². The number of aromatic nitrogens is 1. The van der Waals surface area contributed by atoms with Crippen molar-refractivity contribution in [1.82, 2.24) is 4.98 Å². The summed E-state index contributed by atoms with van der Waals surface area (Å²) in [6.45, 7) is 3.91. The minimum atomic E-state index is 0.722. The lowest BCUT2D eigenvalue weighted by molar-refractivity contribution is 1.29. The van der Waals surface area contributed by atoms with Crippen LogP contribution in [0.15, 0.2) is 67.0 Å². The first kappa shape index (κ1) is 12.4. The first-order chi connectivity index (χ1) is 8.75. The minimum absolute atomic E-state index is 0.722. The van der Waals surface area contributed by atoms with E-state index in [-0.39, 0.29) is 0 Å². The average Bonchev–Trinajstić information content (AvgIpc) is 2.39. The second-order valence-electron chi connectivity index (χ2n) is 3.72. The highest BCUT2D eigenvalue weighted by Crippen LogP contribution is 2.17. The summed E-state index contributed by atoms with van der Waals surface area (Å²) >= 11 is 6.05. The number of pyridine rings is 1. The topological polar surface area (TPSA) is 24.9 Å². The zero-order valence-corrected chi connectivity index (χ0v) is 10.6. The third kappa shape index (κ3) is 3.47. The molecule has 90 valence electrons. The molecule has 0 amide bonds. The zero-order chi connectivity index (χ0) is 12.8. The summed E-state index contributed by atoms with van der Waals surface area (Å²) in [5, 5.41) is 3.82. The summed E-state index contributed by atoms with van der Waals surface area (Å²) < 4.78 is 0. The number of hydrogen-bond acceptors (Lipinski definition) is 2. The third-order valence-electron chi connectivity index (χ3n) is 2.32. The van der Waals surface area contributed by atoms with E-state index in [1.54, 1.807) is 6.20 Å². The van der Waals surface area contributed by atoms with Gasteiger partial charge in [0.25, 0.3) is 0 Å². The summed E-state index contributed by atoms with van der Waals surface area (Å²) in [7, 11) is 0. The van der Waals surface area contributed by atoms with Crippen molar-refractivity contribution in [3.63, 3.8) is 0 Å². The van der Waals surface area contributed by atoms with Crippen LogP contribution in [0.3, 0.4) is 0 Å². The molecule has 1 aromatic carbocycles. The summed E-state index contributed by atoms with van der Waals surface area (Å²) in [5.74, 6) is 0.770. The van der Waals surface area contributed by atoms with E-state index < -0.39 is 0 Å². The molecule has 0 radical (unpaired) electrons. The maximum absolute atomic E-state index is 6.05. The molecular weight excluding hydrogens is 244 g/mol. The van der Waals surface area contributed by atoms with Crippen LogP contribution < -0.4 is 5.32 Å². The summed E-state index contributed by atoms with van der Waals surface area (Å²) in [6, 6.07) is 13.3. The summed E-state index contributed by atoms with van der Waals surface area (Å²) in [5.41, 5.74) is 1.72. The van der Waals surface area contributed by atoms with Gasteiger partial charge in [0.15, 0.2) is 0 Å². The van der Waals surface area contributed by atoms with Crippen LogP contribution in [-0.4, -0.2) is 4.98 Å². The van der Waals surface area contributed by atoms with Crippen molar-refractivity contribution in [3.8, 4) is 0 Å². The molecule has 0 aliphatic rings. The fourth-order valence-corrected chi connectivity index (χ4v) is 1.64. The molecule has 2 rings (SSSR count). The van der Waals surface area contributed by atoms with Crippen LogP contribution in [0.2, 0.25) is 5.02 Å². The van der Waals surface area contributed by atoms with Crippen molar-refractivity contribution >= 4 is 23.5 Å². The number of hydrogen-bond donors (Lipinski definition) is 1. The third-order valence-corrected chi connectivity index (χ3v) is 2.67. The normalized spacial score (nSPS) is 10.5. The molecule has 2 nitrogen and oxygen atoms in total. The summed E-state index contributed by atoms with van der Waals surface area (Å²) in [4.78, 5) is 4.16. The fourth-order valence-electron chi connectivity index (χ4n) is 1.44. The van der Waals surface area contributed by atoms with E-state index in [0.29, 0.717) is 0 Å². The Hall–Kier alpha value is -2.06. The van der Waals surface area contributed by atoms with Crippen molar-refractivity contribution in [2.75, 3.05) is 5.32 Å². The molecule has 1 heterocycles. The quantitative estimate of drug-likeness (QED) is 0.822. The van der Waals surface area contributed by atoms with Gasteiger partial charge in [-0.1, -0.05) is 48.5 Å². The van der Waals surface area contributed by atoms with Crippen LogP contribution in [0.25, 0.3) is 6.08 Å². The summed E-state index contributed by atoms with van der Waals surface area (Å²) in [6.07, 6.45) is 5.52. The van der Waals surface area contributed by atoms with Crippen molar-refractivity contribution in [3.05, 3.63) is 77.6 Å². The van der Waals surface area contributed by atoms with Crippen molar-refractivity contribution < 1.29 is 0 Å². The van der Waals surface area contributed by atoms with E-state index in [4.69, 9.17) is 11.6 Å². The Kier molecular flexibility index (Phi) is 4.15. The van der Waals surface area contributed by atoms with Crippen LogP contribution in [0.1, 0.15) is 5.56 Å². The van der Waals surface area contributed by atoms with Gasteiger partial charge in [-0.25, -0.2) is 4.98 Å². The lowest BCUT2D eigenvalue weighted by atomic mass is 10.2. The largest absolute Gasteiger partial charge is 0.341 e. The number of anilines is 1. The highest BCUT2D eigenvalue weighted by atomic mass is 35.5. The number of rotatable bonds is 4. The Morgan fingerprint density at radius 1 is 1.17 bits per heavy atom. The molecule has 0 fully saturated rings. The molecule has 0 saturated carbocycles. The Morgan fingerprint density at radius 2 is 1.94 bits per heavy atom. The second-order valence-corrected chi connectivity index (χ2v) is 4.13. The molecule has 1 N–H and O–H groups in total. The van der Waals surface area contributed by atoms with Gasteiger partial charge in [0.1, 0.15) is 5.82 Å². The van der Waals surface area contributed by atoms with Crippen molar-refractivity contribution in [2.45, 2.75) is 0 Å². The standard InChI is InChI=1S/C15H13ClN2/c1-12(18-15-8-4-5-11-17-15)9-10-13-6-2-3-7-14(13)16/h2-11H,1H2,(H,17,18)/b10-9+. The molecule has 2 aromatic rings. The van der Waals surface area contributed by atoms with Gasteiger partial charge in [-0.05, 0) is 29.8 Å². The molecule has 0 spiro atoms. The van der Waals surface area contributed by atoms with E-state index in [9.17, 15) is 0 Å². The monoisotopic (exact) mass is 256 g/mol. The molecule has 0 aliphatic heterocycles. The lowest BCUT2D eigenvalue weighted by Gasteiger charge is -2.04. The van der Waals surface area contributed by atoms with E-state index in [1.807, 2.05) is 54.6 Å². The predicted octanol–water partition coefficient (Wildman–Crippen LogP) is 4.37. The lowest BCUT2D eigenvalue weighted by Crippen LogP contribution is -1.96. The predicted molar refractivity (Wildman–Crippen MR) is 77.5 cm³/mol. The van der Waals surface area contributed by atoms with Crippen LogP contribution in [0.5, 0.6) is 0 Å². The molecule has 3 heteroatoms. The molecule has 0 unspecified atom stereocenters. The minimum Gasteiger partial charge on any atom is -0.341 e. The Balaban J connectivity index is 2.02. The highest BCUT2D eigenvalue weighted by molar-refractivity contribution is 6.32. The molecule has 0 aliphatic carbocycles. The Bertz CT molecular complexity index is 562. The highest BCUT2D eigenvalue weighted by Gasteiger charge is 1.95. The number of benzene rings is 1. The van der Waals surface area contributed by atoms with Crippen LogP contribution >= 0.6 is 11.6 Å². The Morgan fingerprint density at radius 3 is 2.67 bits per heavy atom. The molecule has 0 bridgehead atoms. The fraction of sp³-hybridized carbons (Fsp3) is 0. The van der Waals surface area contributed by atoms with E-state index in [1.165, 1.54) is 0 Å². The first-order valence-electron chi connectivity index (χ1n) is 5.55. The van der Waals surface area contributed by atoms with E-state index in [0.717, 1.165) is 22.1 Å². The van der Waals surface area contributed by atoms with Crippen molar-refractivity contribution in [1.29, 1.82) is 0 Å². The molecular formula is C15H13ClN2. The number of halogens is 1. The second kappa shape index (κ2) is 6.03. The molecule has 0 saturated heterocycles. The van der Waals surface area contributed by atoms with Gasteiger partial charge in [-0.2, -0.15) is 0 Å². The molecule has 18 heavy (non-hydrogen) atoms. The average molecular weight is 257 g/mol. The van der Waals surface area contributed by atoms with Crippen molar-refractivity contribution in [2.24, 2.45) is 0 Å². The smallest absolute Gasteiger partial charge is 0.130 e. The Labute approximate surface area is 112 Å². The maximum atomic E-state index is 6.05.